The van der Waals surface area contributed by atoms with Gasteiger partial charge in [-0.1, -0.05) is 0 Å². The zero-order valence-electron chi connectivity index (χ0n) is 7.35. The Morgan fingerprint density at radius 2 is 2.19 bits per heavy atom. The lowest BCUT2D eigenvalue weighted by atomic mass is 10.2. The monoisotopic (exact) mass is 296 g/mol. The van der Waals surface area contributed by atoms with Gasteiger partial charge in [-0.15, -0.1) is 0 Å². The summed E-state index contributed by atoms with van der Waals surface area (Å²) < 4.78 is 24.5. The predicted octanol–water partition coefficient (Wildman–Crippen LogP) is 2.39. The Bertz CT molecular complexity index is 466. The first-order valence-corrected chi connectivity index (χ1v) is 4.49. The second-order valence-electron chi connectivity index (χ2n) is 2.59. The molecule has 0 atom stereocenters. The van der Waals surface area contributed by atoms with Crippen molar-refractivity contribution in [2.24, 2.45) is 0 Å². The maximum absolute atomic E-state index is 12.5. The first-order chi connectivity index (χ1) is 7.36. The van der Waals surface area contributed by atoms with E-state index in [1.165, 1.54) is 0 Å². The Hall–Kier alpha value is -1.64. The molecule has 0 aromatic carbocycles. The van der Waals surface area contributed by atoms with Crippen LogP contribution in [0.25, 0.3) is 0 Å². The highest BCUT2D eigenvalue weighted by Crippen LogP contribution is 2.35. The Morgan fingerprint density at radius 3 is 2.56 bits per heavy atom. The minimum Gasteiger partial charge on any atom is -0.478 e. The zero-order chi connectivity index (χ0) is 12.5. The molecule has 1 aromatic heterocycles. The van der Waals surface area contributed by atoms with Gasteiger partial charge >= 0.3 is 11.8 Å². The van der Waals surface area contributed by atoms with E-state index in [0.29, 0.717) is 6.20 Å². The average molecular weight is 297 g/mol. The Balaban J connectivity index is 3.54. The molecule has 0 radical (unpaired) electrons. The molecule has 0 unspecified atom stereocenters. The van der Waals surface area contributed by atoms with Crippen molar-refractivity contribution in [2.45, 2.75) is 6.43 Å². The van der Waals surface area contributed by atoms with Crippen LogP contribution in [-0.4, -0.2) is 21.0 Å². The Kier molecular flexibility index (Phi) is 3.48. The molecule has 0 aliphatic rings. The lowest BCUT2D eigenvalue weighted by molar-refractivity contribution is -0.391. The fourth-order valence-corrected chi connectivity index (χ4v) is 1.61. The van der Waals surface area contributed by atoms with Crippen molar-refractivity contribution < 1.29 is 23.6 Å². The normalized spacial score (nSPS) is 10.5. The number of carboxylic acid groups (broad SMARTS) is 1. The van der Waals surface area contributed by atoms with Crippen LogP contribution >= 0.6 is 15.9 Å². The third-order valence-corrected chi connectivity index (χ3v) is 2.51. The quantitative estimate of drug-likeness (QED) is 0.683. The van der Waals surface area contributed by atoms with Crippen molar-refractivity contribution >= 4 is 27.7 Å². The molecule has 0 saturated heterocycles. The van der Waals surface area contributed by atoms with Crippen LogP contribution in [-0.2, 0) is 0 Å². The largest absolute Gasteiger partial charge is 0.478 e. The third kappa shape index (κ3) is 2.13. The first kappa shape index (κ1) is 12.4. The molecule has 0 aliphatic heterocycles. The van der Waals surface area contributed by atoms with Gasteiger partial charge in [-0.25, -0.2) is 13.6 Å². The van der Waals surface area contributed by atoms with Gasteiger partial charge in [0.05, 0.1) is 4.47 Å². The summed E-state index contributed by atoms with van der Waals surface area (Å²) in [7, 11) is 0. The second-order valence-corrected chi connectivity index (χ2v) is 3.38. The Labute approximate surface area is 95.2 Å². The van der Waals surface area contributed by atoms with Gasteiger partial charge in [0, 0.05) is 0 Å². The summed E-state index contributed by atoms with van der Waals surface area (Å²) >= 11 is 2.60. The van der Waals surface area contributed by atoms with Crippen molar-refractivity contribution in [3.63, 3.8) is 0 Å². The van der Waals surface area contributed by atoms with E-state index in [9.17, 15) is 23.7 Å². The van der Waals surface area contributed by atoms with Gasteiger partial charge in [0.25, 0.3) is 6.43 Å². The van der Waals surface area contributed by atoms with E-state index in [1.54, 1.807) is 0 Å². The maximum atomic E-state index is 12.5. The summed E-state index contributed by atoms with van der Waals surface area (Å²) in [6.07, 6.45) is -2.54. The fourth-order valence-electron chi connectivity index (χ4n) is 0.983. The summed E-state index contributed by atoms with van der Waals surface area (Å²) in [5.74, 6) is -2.57. The van der Waals surface area contributed by atoms with Gasteiger partial charge in [-0.2, -0.15) is 0 Å². The van der Waals surface area contributed by atoms with Gasteiger partial charge in [0.15, 0.2) is 6.20 Å². The van der Waals surface area contributed by atoms with Crippen LogP contribution < -0.4 is 0 Å². The fraction of sp³-hybridized carbons (Fsp3) is 0.143. The molecule has 1 heterocycles. The number of rotatable bonds is 3. The highest BCUT2D eigenvalue weighted by Gasteiger charge is 2.30. The number of nitro groups is 1. The maximum Gasteiger partial charge on any atom is 0.373 e. The topological polar surface area (TPSA) is 93.3 Å². The van der Waals surface area contributed by atoms with Crippen molar-refractivity contribution in [1.29, 1.82) is 0 Å². The summed E-state index contributed by atoms with van der Waals surface area (Å²) in [5, 5.41) is 19.0. The number of carbonyl (C=O) groups is 1. The molecular weight excluding hydrogens is 294 g/mol. The minimum absolute atomic E-state index is 0.531. The van der Waals surface area contributed by atoms with Crippen molar-refractivity contribution in [3.8, 4) is 0 Å². The molecular formula is C7H3BrF2N2O4. The third-order valence-electron chi connectivity index (χ3n) is 1.65. The van der Waals surface area contributed by atoms with E-state index < -0.39 is 38.7 Å². The minimum atomic E-state index is -3.19. The number of alkyl halides is 2. The molecule has 0 fully saturated rings. The summed E-state index contributed by atoms with van der Waals surface area (Å²) in [4.78, 5) is 23.0. The summed E-state index contributed by atoms with van der Waals surface area (Å²) in [5.41, 5.74) is -1.59. The predicted molar refractivity (Wildman–Crippen MR) is 50.5 cm³/mol. The molecule has 1 N–H and O–H groups in total. The number of aromatic nitrogens is 1. The number of halogens is 3. The van der Waals surface area contributed by atoms with Crippen molar-refractivity contribution in [2.75, 3.05) is 0 Å². The molecule has 9 heteroatoms. The summed E-state index contributed by atoms with van der Waals surface area (Å²) in [6, 6.07) is 0. The van der Waals surface area contributed by atoms with Crippen molar-refractivity contribution in [3.05, 3.63) is 31.9 Å². The van der Waals surface area contributed by atoms with Crippen LogP contribution in [0.5, 0.6) is 0 Å². The van der Waals surface area contributed by atoms with Crippen LogP contribution in [0.15, 0.2) is 10.7 Å². The number of hydrogen-bond acceptors (Lipinski definition) is 4. The van der Waals surface area contributed by atoms with Crippen LogP contribution in [0.3, 0.4) is 0 Å². The van der Waals surface area contributed by atoms with E-state index in [4.69, 9.17) is 5.11 Å². The lowest BCUT2D eigenvalue weighted by Crippen LogP contribution is -2.06. The van der Waals surface area contributed by atoms with Crippen LogP contribution in [0.4, 0.5) is 14.6 Å². The Morgan fingerprint density at radius 1 is 1.62 bits per heavy atom. The van der Waals surface area contributed by atoms with Crippen LogP contribution in [0.1, 0.15) is 22.3 Å². The van der Waals surface area contributed by atoms with Crippen LogP contribution in [0, 0.1) is 10.1 Å². The number of pyridine rings is 1. The number of nitrogens with zero attached hydrogens (tertiary/aromatic N) is 2. The standard InChI is InChI=1S/C7H3BrF2N2O4/c8-4-2(7(13)14)1-11-6(12(15)16)3(4)5(9)10/h1,5H,(H,13,14). The highest BCUT2D eigenvalue weighted by molar-refractivity contribution is 9.10. The van der Waals surface area contributed by atoms with E-state index in [1.807, 2.05) is 0 Å². The lowest BCUT2D eigenvalue weighted by Gasteiger charge is -2.05. The molecule has 86 valence electrons. The van der Waals surface area contributed by atoms with Gasteiger partial charge in [-0.3, -0.25) is 0 Å². The van der Waals surface area contributed by atoms with Crippen molar-refractivity contribution in [1.82, 2.24) is 4.98 Å². The summed E-state index contributed by atoms with van der Waals surface area (Å²) in [6.45, 7) is 0. The van der Waals surface area contributed by atoms with Crippen LogP contribution in [0.2, 0.25) is 0 Å². The van der Waals surface area contributed by atoms with Gasteiger partial charge in [-0.05, 0) is 25.8 Å². The molecule has 0 amide bonds. The smallest absolute Gasteiger partial charge is 0.373 e. The molecule has 16 heavy (non-hydrogen) atoms. The molecule has 0 aliphatic carbocycles. The number of carboxylic acids is 1. The van der Waals surface area contributed by atoms with Gasteiger partial charge in [0.2, 0.25) is 0 Å². The molecule has 1 aromatic rings. The number of aromatic carboxylic acids is 1. The molecule has 0 saturated carbocycles. The molecule has 0 bridgehead atoms. The number of hydrogen-bond donors (Lipinski definition) is 1. The molecule has 1 rings (SSSR count). The molecule has 0 spiro atoms. The van der Waals surface area contributed by atoms with E-state index in [2.05, 4.69) is 20.9 Å². The second kappa shape index (κ2) is 4.47. The highest BCUT2D eigenvalue weighted by atomic mass is 79.9. The van der Waals surface area contributed by atoms with E-state index >= 15 is 0 Å². The van der Waals surface area contributed by atoms with Gasteiger partial charge in [0.1, 0.15) is 11.1 Å². The van der Waals surface area contributed by atoms with Gasteiger partial charge < -0.3 is 15.2 Å². The average Bonchev–Trinajstić information content (AvgIpc) is 2.15. The SMILES string of the molecule is O=C(O)c1cnc([N+](=O)[O-])c(C(F)F)c1Br. The first-order valence-electron chi connectivity index (χ1n) is 3.70. The molecule has 6 nitrogen and oxygen atoms in total. The zero-order valence-corrected chi connectivity index (χ0v) is 8.94. The van der Waals surface area contributed by atoms with E-state index in [-0.39, 0.29) is 0 Å². The van der Waals surface area contributed by atoms with E-state index in [0.717, 1.165) is 0 Å².